The topological polar surface area (TPSA) is 119 Å². The van der Waals surface area contributed by atoms with E-state index in [0.29, 0.717) is 54.5 Å². The van der Waals surface area contributed by atoms with Crippen molar-refractivity contribution < 1.29 is 23.6 Å². The van der Waals surface area contributed by atoms with Crippen molar-refractivity contribution >= 4 is 12.4 Å². The van der Waals surface area contributed by atoms with Crippen LogP contribution in [0.25, 0.3) is 22.8 Å². The number of fused-ring (bicyclic) bond motifs is 1. The van der Waals surface area contributed by atoms with Gasteiger partial charge in [0, 0.05) is 24.2 Å². The normalized spacial score (nSPS) is 14.1. The summed E-state index contributed by atoms with van der Waals surface area (Å²) in [6.45, 7) is 7.05. The minimum atomic E-state index is -0.536. The molecular formula is C26H26N4O5. The van der Waals surface area contributed by atoms with E-state index in [9.17, 15) is 14.9 Å². The van der Waals surface area contributed by atoms with Crippen molar-refractivity contribution in [2.45, 2.75) is 52.3 Å². The van der Waals surface area contributed by atoms with Gasteiger partial charge in [0.05, 0.1) is 11.7 Å². The summed E-state index contributed by atoms with van der Waals surface area (Å²) in [7, 11) is 0. The molecule has 0 bridgehead atoms. The second-order valence-corrected chi connectivity index (χ2v) is 8.53. The Morgan fingerprint density at radius 3 is 2.86 bits per heavy atom. The molecule has 0 spiro atoms. The van der Waals surface area contributed by atoms with Gasteiger partial charge in [-0.1, -0.05) is 30.3 Å². The minimum absolute atomic E-state index is 0.0496. The number of rotatable bonds is 8. The smallest absolute Gasteiger partial charge is 0.330 e. The Bertz CT molecular complexity index is 1280. The van der Waals surface area contributed by atoms with Gasteiger partial charge in [0.2, 0.25) is 5.82 Å². The van der Waals surface area contributed by atoms with Gasteiger partial charge in [-0.05, 0) is 56.0 Å². The molecule has 2 aromatic carbocycles. The molecule has 1 aliphatic heterocycles. The predicted molar refractivity (Wildman–Crippen MR) is 126 cm³/mol. The number of nitrogens with zero attached hydrogens (tertiary/aromatic N) is 4. The molecule has 0 radical (unpaired) electrons. The Kier molecular flexibility index (Phi) is 7.22. The van der Waals surface area contributed by atoms with Crippen molar-refractivity contribution in [1.82, 2.24) is 15.0 Å². The molecule has 0 saturated carbocycles. The number of esters is 1. The van der Waals surface area contributed by atoms with Crippen molar-refractivity contribution in [3.63, 3.8) is 0 Å². The van der Waals surface area contributed by atoms with Gasteiger partial charge in [-0.3, -0.25) is 9.69 Å². The molecule has 180 valence electrons. The summed E-state index contributed by atoms with van der Waals surface area (Å²) in [5.74, 6) is 0.741. The first-order chi connectivity index (χ1) is 16.9. The minimum Gasteiger partial charge on any atom is -0.490 e. The van der Waals surface area contributed by atoms with Gasteiger partial charge in [0.1, 0.15) is 17.9 Å². The van der Waals surface area contributed by atoms with Gasteiger partial charge in [-0.25, -0.2) is 4.79 Å². The molecule has 4 rings (SSSR count). The summed E-state index contributed by atoms with van der Waals surface area (Å²) in [5.41, 5.74) is 4.03. The van der Waals surface area contributed by atoms with Crippen molar-refractivity contribution in [3.05, 3.63) is 53.1 Å². The molecule has 2 heterocycles. The molecule has 0 aliphatic carbocycles. The van der Waals surface area contributed by atoms with E-state index in [1.165, 1.54) is 0 Å². The first-order valence-electron chi connectivity index (χ1n) is 11.5. The summed E-state index contributed by atoms with van der Waals surface area (Å²) in [6.07, 6.45) is 1.17. The highest BCUT2D eigenvalue weighted by molar-refractivity contribution is 5.81. The maximum absolute atomic E-state index is 12.2. The summed E-state index contributed by atoms with van der Waals surface area (Å²) in [5, 5.41) is 13.7. The van der Waals surface area contributed by atoms with Crippen LogP contribution in [0.4, 0.5) is 0 Å². The van der Waals surface area contributed by atoms with Crippen LogP contribution < -0.4 is 4.74 Å². The van der Waals surface area contributed by atoms with E-state index in [4.69, 9.17) is 9.26 Å². The Morgan fingerprint density at radius 2 is 2.14 bits per heavy atom. The third-order valence-corrected chi connectivity index (χ3v) is 5.94. The lowest BCUT2D eigenvalue weighted by Gasteiger charge is -2.33. The molecule has 0 saturated heterocycles. The molecule has 1 aliphatic rings. The van der Waals surface area contributed by atoms with E-state index in [1.807, 2.05) is 43.9 Å². The lowest BCUT2D eigenvalue weighted by Crippen LogP contribution is -2.44. The second-order valence-electron chi connectivity index (χ2n) is 8.53. The first-order valence-corrected chi connectivity index (χ1v) is 11.5. The largest absolute Gasteiger partial charge is 0.490 e. The standard InChI is InChI=1S/C26H26N4O5/c1-4-22(26(32)33-15-31)30-11-10-20-18(14-30)6-5-7-21(20)24-28-25(35-29-24)17-8-9-23(34-16(2)3)19(12-17)13-27/h5-9,12,15-16,22H,4,10-11,14H2,1-3H3. The Labute approximate surface area is 203 Å². The number of aromatic nitrogens is 2. The average molecular weight is 475 g/mol. The van der Waals surface area contributed by atoms with Crippen LogP contribution in [-0.2, 0) is 27.3 Å². The van der Waals surface area contributed by atoms with Crippen molar-refractivity contribution in [1.29, 1.82) is 5.26 Å². The van der Waals surface area contributed by atoms with E-state index in [-0.39, 0.29) is 12.6 Å². The zero-order valence-electron chi connectivity index (χ0n) is 19.9. The van der Waals surface area contributed by atoms with E-state index in [2.05, 4.69) is 20.9 Å². The van der Waals surface area contributed by atoms with Crippen LogP contribution in [0.15, 0.2) is 40.9 Å². The Balaban J connectivity index is 1.59. The van der Waals surface area contributed by atoms with Crippen LogP contribution in [0.5, 0.6) is 5.75 Å². The molecule has 1 atom stereocenters. The number of ether oxygens (including phenoxy) is 2. The van der Waals surface area contributed by atoms with Gasteiger partial charge >= 0.3 is 12.4 Å². The monoisotopic (exact) mass is 474 g/mol. The maximum Gasteiger partial charge on any atom is 0.330 e. The molecular weight excluding hydrogens is 448 g/mol. The van der Waals surface area contributed by atoms with Crippen LogP contribution >= 0.6 is 0 Å². The Hall–Kier alpha value is -4.03. The van der Waals surface area contributed by atoms with Crippen LogP contribution in [0.3, 0.4) is 0 Å². The third kappa shape index (κ3) is 5.08. The van der Waals surface area contributed by atoms with Gasteiger partial charge in [-0.2, -0.15) is 10.2 Å². The Morgan fingerprint density at radius 1 is 1.31 bits per heavy atom. The fraction of sp³-hybridized carbons (Fsp3) is 0.346. The van der Waals surface area contributed by atoms with Crippen molar-refractivity contribution in [2.75, 3.05) is 6.54 Å². The second kappa shape index (κ2) is 10.5. The predicted octanol–water partition coefficient (Wildman–Crippen LogP) is 3.90. The number of benzene rings is 2. The number of carbonyl (C=O) groups is 2. The SMILES string of the molecule is CCC(C(=O)OC=O)N1CCc2c(cccc2-c2noc(-c3ccc(OC(C)C)c(C#N)c3)n2)C1. The van der Waals surface area contributed by atoms with E-state index in [1.54, 1.807) is 18.2 Å². The van der Waals surface area contributed by atoms with Gasteiger partial charge in [0.15, 0.2) is 0 Å². The molecule has 0 fully saturated rings. The summed E-state index contributed by atoms with van der Waals surface area (Å²) in [6, 6.07) is 12.7. The van der Waals surface area contributed by atoms with Crippen LogP contribution in [-0.4, -0.2) is 46.2 Å². The quantitative estimate of drug-likeness (QED) is 0.272. The zero-order chi connectivity index (χ0) is 24.9. The van der Waals surface area contributed by atoms with Gasteiger partial charge in [0.25, 0.3) is 5.89 Å². The van der Waals surface area contributed by atoms with Gasteiger partial charge in [-0.15, -0.1) is 0 Å². The molecule has 0 N–H and O–H groups in total. The van der Waals surface area contributed by atoms with E-state index >= 15 is 0 Å². The van der Waals surface area contributed by atoms with Crippen molar-refractivity contribution in [2.24, 2.45) is 0 Å². The van der Waals surface area contributed by atoms with E-state index < -0.39 is 12.0 Å². The summed E-state index contributed by atoms with van der Waals surface area (Å²) >= 11 is 0. The first kappa shape index (κ1) is 24.1. The number of carbonyl (C=O) groups excluding carboxylic acids is 2. The number of nitriles is 1. The lowest BCUT2D eigenvalue weighted by molar-refractivity contribution is -0.156. The number of hydrogen-bond donors (Lipinski definition) is 0. The highest BCUT2D eigenvalue weighted by Gasteiger charge is 2.30. The summed E-state index contributed by atoms with van der Waals surface area (Å²) in [4.78, 5) is 29.4. The average Bonchev–Trinajstić information content (AvgIpc) is 3.34. The molecule has 1 aromatic heterocycles. The molecule has 0 amide bonds. The maximum atomic E-state index is 12.2. The molecule has 1 unspecified atom stereocenters. The molecule has 9 heteroatoms. The molecule has 35 heavy (non-hydrogen) atoms. The van der Waals surface area contributed by atoms with Crippen LogP contribution in [0, 0.1) is 11.3 Å². The highest BCUT2D eigenvalue weighted by Crippen LogP contribution is 2.32. The fourth-order valence-corrected chi connectivity index (χ4v) is 4.36. The lowest BCUT2D eigenvalue weighted by atomic mass is 9.93. The zero-order valence-corrected chi connectivity index (χ0v) is 19.9. The fourth-order valence-electron chi connectivity index (χ4n) is 4.36. The highest BCUT2D eigenvalue weighted by atomic mass is 16.6. The number of hydrogen-bond acceptors (Lipinski definition) is 9. The van der Waals surface area contributed by atoms with Crippen molar-refractivity contribution in [3.8, 4) is 34.7 Å². The summed E-state index contributed by atoms with van der Waals surface area (Å²) < 4.78 is 15.8. The molecule has 9 nitrogen and oxygen atoms in total. The van der Waals surface area contributed by atoms with Crippen LogP contribution in [0.1, 0.15) is 43.9 Å². The van der Waals surface area contributed by atoms with Gasteiger partial charge < -0.3 is 14.0 Å². The molecule has 3 aromatic rings. The van der Waals surface area contributed by atoms with Crippen LogP contribution in [0.2, 0.25) is 0 Å². The third-order valence-electron chi connectivity index (χ3n) is 5.94. The van der Waals surface area contributed by atoms with E-state index in [0.717, 1.165) is 16.7 Å².